The number of aliphatic carboxylic acids is 1. The Kier molecular flexibility index (Phi) is 8.63. The van der Waals surface area contributed by atoms with Gasteiger partial charge in [-0.25, -0.2) is 4.39 Å². The number of allylic oxidation sites excluding steroid dienone is 2. The van der Waals surface area contributed by atoms with Crippen molar-refractivity contribution in [1.82, 2.24) is 4.13 Å². The van der Waals surface area contributed by atoms with Crippen molar-refractivity contribution in [2.24, 2.45) is 0 Å². The maximum Gasteiger partial charge on any atom is 0.348 e. The molecule has 14 heteroatoms. The highest BCUT2D eigenvalue weighted by molar-refractivity contribution is 7.99. The molecule has 1 atom stereocenters. The second-order valence-corrected chi connectivity index (χ2v) is 10.9. The van der Waals surface area contributed by atoms with Gasteiger partial charge in [-0.15, -0.1) is 0 Å². The first-order valence-corrected chi connectivity index (χ1v) is 13.6. The fourth-order valence-electron chi connectivity index (χ4n) is 3.19. The Hall–Kier alpha value is -2.75. The van der Waals surface area contributed by atoms with Gasteiger partial charge in [0.05, 0.1) is 6.42 Å². The fourth-order valence-corrected chi connectivity index (χ4v) is 4.77. The lowest BCUT2D eigenvalue weighted by molar-refractivity contribution is -0.135. The van der Waals surface area contributed by atoms with E-state index in [2.05, 4.69) is 0 Å². The van der Waals surface area contributed by atoms with E-state index in [0.717, 1.165) is 27.2 Å². The number of rotatable bonds is 6. The molecular formula is C20H20FNO9S3. The standard InChI is InChI=1S/C20H17FO3S.H3NO6S2/c1-12-17(9-13-3-6-15(7-4-13)25(2)24)16-8-5-14(21)10-19(16)18(12)11-20(22)23;2-8(3,4)1-9(5,6)7/h3-10H,11H2,1-2H3,(H,22,23);1H,(H,2,3,4)(H,5,6,7)/b17-9-;. The van der Waals surface area contributed by atoms with Crippen LogP contribution in [-0.4, -0.2) is 47.5 Å². The van der Waals surface area contributed by atoms with Gasteiger partial charge < -0.3 is 5.11 Å². The quantitative estimate of drug-likeness (QED) is 0.407. The molecule has 184 valence electrons. The minimum Gasteiger partial charge on any atom is -0.481 e. The Morgan fingerprint density at radius 1 is 1.03 bits per heavy atom. The number of halogens is 1. The molecule has 0 radical (unpaired) electrons. The molecule has 4 N–H and O–H groups in total. The first-order chi connectivity index (χ1) is 15.6. The van der Waals surface area contributed by atoms with E-state index in [1.54, 1.807) is 24.5 Å². The normalized spacial score (nSPS) is 15.5. The molecule has 3 rings (SSSR count). The van der Waals surface area contributed by atoms with Gasteiger partial charge in [0.25, 0.3) is 0 Å². The average Bonchev–Trinajstić information content (AvgIpc) is 2.91. The van der Waals surface area contributed by atoms with Crippen LogP contribution in [0, 0.1) is 5.82 Å². The van der Waals surface area contributed by atoms with Crippen LogP contribution in [0.5, 0.6) is 0 Å². The van der Waals surface area contributed by atoms with Gasteiger partial charge in [0.15, 0.2) is 0 Å². The summed E-state index contributed by atoms with van der Waals surface area (Å²) in [6.07, 6.45) is 3.43. The highest BCUT2D eigenvalue weighted by Gasteiger charge is 2.25. The second kappa shape index (κ2) is 10.7. The molecule has 0 amide bonds. The van der Waals surface area contributed by atoms with Crippen LogP contribution in [0.3, 0.4) is 0 Å². The number of nitrogens with one attached hydrogen (secondary N) is 1. The predicted octanol–water partition coefficient (Wildman–Crippen LogP) is 2.55. The zero-order chi connectivity index (χ0) is 25.8. The summed E-state index contributed by atoms with van der Waals surface area (Å²) in [4.78, 5) is 11.9. The molecule has 1 aliphatic rings. The maximum atomic E-state index is 13.7. The molecule has 0 aromatic heterocycles. The topological polar surface area (TPSA) is 175 Å². The van der Waals surface area contributed by atoms with Crippen LogP contribution in [0.4, 0.5) is 4.39 Å². The second-order valence-electron chi connectivity index (χ2n) is 6.98. The van der Waals surface area contributed by atoms with Gasteiger partial charge in [-0.2, -0.15) is 16.8 Å². The van der Waals surface area contributed by atoms with Crippen molar-refractivity contribution < 1.29 is 44.4 Å². The minimum atomic E-state index is -4.87. The van der Waals surface area contributed by atoms with Crippen LogP contribution in [-0.2, 0) is 36.2 Å². The SMILES string of the molecule is CC1=C(CC(=O)O)c2cc(F)ccc2/C1=C\c1ccc(S(C)=O)cc1.O=S(=O)(O)NS(=O)(=O)O. The van der Waals surface area contributed by atoms with Crippen molar-refractivity contribution >= 4 is 54.6 Å². The Labute approximate surface area is 198 Å². The maximum absolute atomic E-state index is 13.7. The Balaban J connectivity index is 0.000000387. The summed E-state index contributed by atoms with van der Waals surface area (Å²) >= 11 is 0. The van der Waals surface area contributed by atoms with Gasteiger partial charge in [-0.05, 0) is 70.7 Å². The summed E-state index contributed by atoms with van der Waals surface area (Å²) in [7, 11) is -10.8. The Morgan fingerprint density at radius 3 is 2.03 bits per heavy atom. The number of carboxylic acid groups (broad SMARTS) is 1. The van der Waals surface area contributed by atoms with E-state index in [-0.39, 0.29) is 12.2 Å². The van der Waals surface area contributed by atoms with E-state index in [1.807, 2.05) is 25.1 Å². The summed E-state index contributed by atoms with van der Waals surface area (Å²) in [5.41, 5.74) is 4.74. The van der Waals surface area contributed by atoms with E-state index in [4.69, 9.17) is 14.2 Å². The molecule has 34 heavy (non-hydrogen) atoms. The van der Waals surface area contributed by atoms with Crippen molar-refractivity contribution in [3.05, 3.63) is 70.5 Å². The number of benzene rings is 2. The van der Waals surface area contributed by atoms with Crippen LogP contribution in [0.1, 0.15) is 30.0 Å². The number of carboxylic acids is 1. The van der Waals surface area contributed by atoms with Crippen molar-refractivity contribution in [2.75, 3.05) is 6.26 Å². The zero-order valence-corrected chi connectivity index (χ0v) is 20.2. The smallest absolute Gasteiger partial charge is 0.348 e. The van der Waals surface area contributed by atoms with Crippen LogP contribution >= 0.6 is 0 Å². The fraction of sp³-hybridized carbons (Fsp3) is 0.150. The van der Waals surface area contributed by atoms with Crippen molar-refractivity contribution in [3.63, 3.8) is 0 Å². The van der Waals surface area contributed by atoms with Crippen LogP contribution < -0.4 is 4.13 Å². The van der Waals surface area contributed by atoms with Gasteiger partial charge in [-0.3, -0.25) is 18.1 Å². The predicted molar refractivity (Wildman–Crippen MR) is 124 cm³/mol. The molecule has 2 aromatic rings. The van der Waals surface area contributed by atoms with Gasteiger partial charge >= 0.3 is 26.6 Å². The monoisotopic (exact) mass is 533 g/mol. The lowest BCUT2D eigenvalue weighted by Gasteiger charge is -2.05. The van der Waals surface area contributed by atoms with Gasteiger partial charge in [0.1, 0.15) is 5.82 Å². The largest absolute Gasteiger partial charge is 0.481 e. The summed E-state index contributed by atoms with van der Waals surface area (Å²) < 4.78 is 79.2. The van der Waals surface area contributed by atoms with E-state index in [1.165, 1.54) is 12.1 Å². The van der Waals surface area contributed by atoms with Gasteiger partial charge in [-0.1, -0.05) is 22.3 Å². The third kappa shape index (κ3) is 7.93. The average molecular weight is 534 g/mol. The summed E-state index contributed by atoms with van der Waals surface area (Å²) in [6, 6.07) is 11.8. The Morgan fingerprint density at radius 2 is 1.59 bits per heavy atom. The first-order valence-electron chi connectivity index (χ1n) is 9.18. The third-order valence-corrected chi connectivity index (χ3v) is 7.14. The summed E-state index contributed by atoms with van der Waals surface area (Å²) in [5.74, 6) is -1.33. The lowest BCUT2D eigenvalue weighted by Crippen LogP contribution is -2.28. The third-order valence-electron chi connectivity index (χ3n) is 4.52. The van der Waals surface area contributed by atoms with Gasteiger partial charge in [0, 0.05) is 22.0 Å². The van der Waals surface area contributed by atoms with E-state index >= 15 is 0 Å². The molecule has 0 fully saturated rings. The molecule has 2 aromatic carbocycles. The van der Waals surface area contributed by atoms with E-state index in [9.17, 15) is 30.2 Å². The number of hydrogen-bond donors (Lipinski definition) is 4. The first kappa shape index (κ1) is 27.5. The number of carbonyl (C=O) groups is 1. The molecule has 0 spiro atoms. The molecule has 1 unspecified atom stereocenters. The van der Waals surface area contributed by atoms with Crippen LogP contribution in [0.15, 0.2) is 52.9 Å². The van der Waals surface area contributed by atoms with Gasteiger partial charge in [0.2, 0.25) is 0 Å². The van der Waals surface area contributed by atoms with Crippen molar-refractivity contribution in [1.29, 1.82) is 0 Å². The molecule has 0 saturated heterocycles. The summed E-state index contributed by atoms with van der Waals surface area (Å²) in [5, 5.41) is 9.17. The lowest BCUT2D eigenvalue weighted by atomic mass is 10.0. The summed E-state index contributed by atoms with van der Waals surface area (Å²) in [6.45, 7) is 1.86. The minimum absolute atomic E-state index is 0.145. The molecular weight excluding hydrogens is 513 g/mol. The molecule has 10 nitrogen and oxygen atoms in total. The molecule has 0 saturated carbocycles. The highest BCUT2D eigenvalue weighted by atomic mass is 32.3. The zero-order valence-electron chi connectivity index (χ0n) is 17.7. The van der Waals surface area contributed by atoms with Crippen molar-refractivity contribution in [3.8, 4) is 0 Å². The molecule has 0 aliphatic heterocycles. The highest BCUT2D eigenvalue weighted by Crippen LogP contribution is 2.43. The van der Waals surface area contributed by atoms with Crippen LogP contribution in [0.2, 0.25) is 0 Å². The van der Waals surface area contributed by atoms with E-state index < -0.39 is 37.4 Å². The van der Waals surface area contributed by atoms with Crippen LogP contribution in [0.25, 0.3) is 17.2 Å². The molecule has 0 heterocycles. The van der Waals surface area contributed by atoms with Crippen molar-refractivity contribution in [2.45, 2.75) is 18.2 Å². The Bertz CT molecular complexity index is 1380. The molecule has 0 bridgehead atoms. The number of fused-ring (bicyclic) bond motifs is 1. The molecule has 1 aliphatic carbocycles. The van der Waals surface area contributed by atoms with E-state index in [0.29, 0.717) is 15.3 Å². The number of hydrogen-bond acceptors (Lipinski definition) is 6.